The first-order valence-corrected chi connectivity index (χ1v) is 12.4. The highest BCUT2D eigenvalue weighted by atomic mass is 32.2. The number of hydrogen-bond donors (Lipinski definition) is 2. The van der Waals surface area contributed by atoms with E-state index in [0.717, 1.165) is 6.07 Å². The van der Waals surface area contributed by atoms with Crippen LogP contribution in [0, 0.1) is 0 Å². The zero-order chi connectivity index (χ0) is 22.8. The SMILES string of the molecule is CCOc1ccc(N2C(=O)CCS2(=O)=O)cc1S(=O)(=O)Nc1cccc(NC(C)=O)c1. The summed E-state index contributed by atoms with van der Waals surface area (Å²) >= 11 is 0. The number of carbonyl (C=O) groups excluding carboxylic acids is 2. The molecule has 0 aliphatic carbocycles. The maximum atomic E-state index is 13.1. The second kappa shape index (κ2) is 8.55. The van der Waals surface area contributed by atoms with E-state index in [1.807, 2.05) is 0 Å². The molecule has 166 valence electrons. The Morgan fingerprint density at radius 1 is 1.16 bits per heavy atom. The van der Waals surface area contributed by atoms with Gasteiger partial charge in [0.2, 0.25) is 21.8 Å². The average molecular weight is 468 g/mol. The van der Waals surface area contributed by atoms with Crippen LogP contribution in [0.3, 0.4) is 0 Å². The van der Waals surface area contributed by atoms with E-state index in [1.165, 1.54) is 31.2 Å². The van der Waals surface area contributed by atoms with Crippen LogP contribution in [0.5, 0.6) is 5.75 Å². The van der Waals surface area contributed by atoms with Crippen LogP contribution in [0.1, 0.15) is 20.3 Å². The van der Waals surface area contributed by atoms with Gasteiger partial charge >= 0.3 is 0 Å². The van der Waals surface area contributed by atoms with Gasteiger partial charge in [0, 0.05) is 19.0 Å². The van der Waals surface area contributed by atoms with E-state index >= 15 is 0 Å². The first kappa shape index (κ1) is 22.6. The number of nitrogens with one attached hydrogen (secondary N) is 2. The highest BCUT2D eigenvalue weighted by Crippen LogP contribution is 2.34. The summed E-state index contributed by atoms with van der Waals surface area (Å²) in [4.78, 5) is 23.0. The molecule has 1 aliphatic rings. The molecule has 0 unspecified atom stereocenters. The van der Waals surface area contributed by atoms with Crippen LogP contribution < -0.4 is 19.1 Å². The molecule has 10 nitrogen and oxygen atoms in total. The molecular weight excluding hydrogens is 446 g/mol. The minimum Gasteiger partial charge on any atom is -0.492 e. The van der Waals surface area contributed by atoms with Gasteiger partial charge in [0.1, 0.15) is 10.6 Å². The topological polar surface area (TPSA) is 139 Å². The molecule has 31 heavy (non-hydrogen) atoms. The van der Waals surface area contributed by atoms with Crippen molar-refractivity contribution < 1.29 is 31.2 Å². The monoisotopic (exact) mass is 467 g/mol. The smallest absolute Gasteiger partial charge is 0.265 e. The van der Waals surface area contributed by atoms with Crippen molar-refractivity contribution in [3.05, 3.63) is 42.5 Å². The fraction of sp³-hybridized carbons (Fsp3) is 0.263. The van der Waals surface area contributed by atoms with Gasteiger partial charge in [0.05, 0.1) is 23.7 Å². The number of anilines is 3. The van der Waals surface area contributed by atoms with Gasteiger partial charge in [0.15, 0.2) is 0 Å². The van der Waals surface area contributed by atoms with Gasteiger partial charge in [-0.3, -0.25) is 14.3 Å². The number of hydrogen-bond acceptors (Lipinski definition) is 7. The van der Waals surface area contributed by atoms with Crippen LogP contribution in [0.25, 0.3) is 0 Å². The van der Waals surface area contributed by atoms with Gasteiger partial charge in [-0.05, 0) is 43.3 Å². The normalized spacial score (nSPS) is 15.5. The summed E-state index contributed by atoms with van der Waals surface area (Å²) in [5.41, 5.74) is 0.475. The summed E-state index contributed by atoms with van der Waals surface area (Å²) < 4.78 is 59.1. The molecule has 1 saturated heterocycles. The molecule has 2 aromatic carbocycles. The minimum atomic E-state index is -4.24. The van der Waals surface area contributed by atoms with Gasteiger partial charge in [-0.1, -0.05) is 6.07 Å². The molecule has 1 heterocycles. The van der Waals surface area contributed by atoms with Crippen LogP contribution in [0.4, 0.5) is 17.1 Å². The van der Waals surface area contributed by atoms with E-state index < -0.39 is 26.0 Å². The summed E-state index contributed by atoms with van der Waals surface area (Å²) in [7, 11) is -8.10. The number of ether oxygens (including phenoxy) is 1. The zero-order valence-corrected chi connectivity index (χ0v) is 18.4. The Kier molecular flexibility index (Phi) is 6.23. The Bertz CT molecular complexity index is 1240. The second-order valence-corrected chi connectivity index (χ2v) is 10.2. The predicted molar refractivity (Wildman–Crippen MR) is 115 cm³/mol. The average Bonchev–Trinajstić information content (AvgIpc) is 2.94. The maximum Gasteiger partial charge on any atom is 0.265 e. The van der Waals surface area contributed by atoms with E-state index in [2.05, 4.69) is 10.0 Å². The Balaban J connectivity index is 2.03. The summed E-state index contributed by atoms with van der Waals surface area (Å²) in [6.07, 6.45) is -0.175. The lowest BCUT2D eigenvalue weighted by Crippen LogP contribution is -2.29. The van der Waals surface area contributed by atoms with Gasteiger partial charge in [0.25, 0.3) is 10.0 Å². The van der Waals surface area contributed by atoms with Crippen molar-refractivity contribution in [2.45, 2.75) is 25.2 Å². The van der Waals surface area contributed by atoms with Crippen molar-refractivity contribution in [1.82, 2.24) is 0 Å². The van der Waals surface area contributed by atoms with Crippen molar-refractivity contribution in [1.29, 1.82) is 0 Å². The molecular formula is C19H21N3O7S2. The van der Waals surface area contributed by atoms with Crippen LogP contribution in [-0.2, 0) is 29.6 Å². The Hall–Kier alpha value is -3.12. The summed E-state index contributed by atoms with van der Waals surface area (Å²) in [6.45, 7) is 3.16. The van der Waals surface area contributed by atoms with Crippen molar-refractivity contribution >= 4 is 48.9 Å². The van der Waals surface area contributed by atoms with E-state index in [9.17, 15) is 26.4 Å². The Morgan fingerprint density at radius 2 is 1.87 bits per heavy atom. The third-order valence-corrected chi connectivity index (χ3v) is 7.36. The van der Waals surface area contributed by atoms with Gasteiger partial charge < -0.3 is 10.1 Å². The first-order valence-electron chi connectivity index (χ1n) is 9.26. The number of carbonyl (C=O) groups is 2. The fourth-order valence-corrected chi connectivity index (χ4v) is 5.72. The Morgan fingerprint density at radius 3 is 2.48 bits per heavy atom. The molecule has 2 aromatic rings. The van der Waals surface area contributed by atoms with Crippen LogP contribution in [0.2, 0.25) is 0 Å². The number of benzene rings is 2. The van der Waals surface area contributed by atoms with E-state index in [1.54, 1.807) is 19.1 Å². The molecule has 0 saturated carbocycles. The van der Waals surface area contributed by atoms with Gasteiger partial charge in [-0.2, -0.15) is 0 Å². The number of rotatable bonds is 7. The van der Waals surface area contributed by atoms with Crippen LogP contribution >= 0.6 is 0 Å². The molecule has 12 heteroatoms. The quantitative estimate of drug-likeness (QED) is 0.634. The highest BCUT2D eigenvalue weighted by Gasteiger charge is 2.37. The molecule has 2 N–H and O–H groups in total. The van der Waals surface area contributed by atoms with Crippen LogP contribution in [0.15, 0.2) is 47.4 Å². The molecule has 2 amide bonds. The number of amides is 2. The molecule has 0 spiro atoms. The minimum absolute atomic E-state index is 0.000749. The van der Waals surface area contributed by atoms with Crippen LogP contribution in [-0.4, -0.2) is 41.0 Å². The lowest BCUT2D eigenvalue weighted by Gasteiger charge is -2.18. The predicted octanol–water partition coefficient (Wildman–Crippen LogP) is 1.91. The Labute approximate surface area is 180 Å². The highest BCUT2D eigenvalue weighted by molar-refractivity contribution is 7.94. The lowest BCUT2D eigenvalue weighted by molar-refractivity contribution is -0.116. The molecule has 1 aliphatic heterocycles. The van der Waals surface area contributed by atoms with E-state index in [0.29, 0.717) is 9.99 Å². The summed E-state index contributed by atoms with van der Waals surface area (Å²) in [5, 5.41) is 2.55. The summed E-state index contributed by atoms with van der Waals surface area (Å²) in [5.74, 6) is -1.29. The second-order valence-electron chi connectivity index (χ2n) is 6.66. The van der Waals surface area contributed by atoms with Crippen molar-refractivity contribution in [3.63, 3.8) is 0 Å². The molecule has 0 atom stereocenters. The molecule has 0 radical (unpaired) electrons. The third-order valence-electron chi connectivity index (χ3n) is 4.26. The number of sulfonamides is 2. The zero-order valence-electron chi connectivity index (χ0n) is 16.8. The van der Waals surface area contributed by atoms with Crippen molar-refractivity contribution in [2.24, 2.45) is 0 Å². The molecule has 3 rings (SSSR count). The summed E-state index contributed by atoms with van der Waals surface area (Å²) in [6, 6.07) is 9.78. The van der Waals surface area contributed by atoms with Crippen molar-refractivity contribution in [2.75, 3.05) is 26.7 Å². The van der Waals surface area contributed by atoms with Crippen molar-refractivity contribution in [3.8, 4) is 5.75 Å². The van der Waals surface area contributed by atoms with E-state index in [4.69, 9.17) is 4.74 Å². The lowest BCUT2D eigenvalue weighted by atomic mass is 10.3. The maximum absolute atomic E-state index is 13.1. The van der Waals surface area contributed by atoms with Gasteiger partial charge in [-0.15, -0.1) is 0 Å². The molecule has 1 fully saturated rings. The standard InChI is InChI=1S/C19H21N3O7S2/c1-3-29-17-8-7-16(22-19(24)9-10-30(22,25)26)12-18(17)31(27,28)21-15-6-4-5-14(11-15)20-13(2)23/h4-8,11-12,21H,3,9-10H2,1-2H3,(H,20,23). The third kappa shape index (κ3) is 4.97. The largest absolute Gasteiger partial charge is 0.492 e. The van der Waals surface area contributed by atoms with E-state index in [-0.39, 0.29) is 46.7 Å². The fourth-order valence-electron chi connectivity index (χ4n) is 3.05. The van der Waals surface area contributed by atoms with Gasteiger partial charge in [-0.25, -0.2) is 21.1 Å². The number of nitrogens with zero attached hydrogens (tertiary/aromatic N) is 1. The molecule has 0 aromatic heterocycles. The molecule has 0 bridgehead atoms. The first-order chi connectivity index (χ1) is 14.5.